The number of aromatic nitrogens is 2. The molecule has 7 nitrogen and oxygen atoms in total. The number of nitrogens with zero attached hydrogens (tertiary/aromatic N) is 3. The molecular weight excluding hydrogens is 378 g/mol. The fourth-order valence-electron chi connectivity index (χ4n) is 2.94. The van der Waals surface area contributed by atoms with Crippen molar-refractivity contribution in [1.29, 1.82) is 0 Å². The van der Waals surface area contributed by atoms with E-state index in [4.69, 9.17) is 14.5 Å². The lowest BCUT2D eigenvalue weighted by molar-refractivity contribution is 0.172. The van der Waals surface area contributed by atoms with Crippen LogP contribution < -0.4 is 15.4 Å². The summed E-state index contributed by atoms with van der Waals surface area (Å²) in [6.45, 7) is 4.65. The number of anilines is 1. The number of methoxy groups -OCH3 is 1. The van der Waals surface area contributed by atoms with E-state index >= 15 is 0 Å². The van der Waals surface area contributed by atoms with Crippen LogP contribution in [-0.2, 0) is 11.3 Å². The number of hydrogen-bond acceptors (Lipinski definition) is 4. The lowest BCUT2D eigenvalue weighted by atomic mass is 10.2. The van der Waals surface area contributed by atoms with Crippen LogP contribution in [0.3, 0.4) is 0 Å². The molecule has 0 atom stereocenters. The topological polar surface area (TPSA) is 72.7 Å². The summed E-state index contributed by atoms with van der Waals surface area (Å²) in [5, 5.41) is 11.0. The van der Waals surface area contributed by atoms with Crippen molar-refractivity contribution in [3.63, 3.8) is 0 Å². The Morgan fingerprint density at radius 1 is 1.10 bits per heavy atom. The molecule has 7 heteroatoms. The van der Waals surface area contributed by atoms with E-state index in [1.54, 1.807) is 13.3 Å². The molecule has 30 heavy (non-hydrogen) atoms. The molecule has 3 aromatic rings. The maximum absolute atomic E-state index is 5.79. The second kappa shape index (κ2) is 11.6. The summed E-state index contributed by atoms with van der Waals surface area (Å²) in [5.41, 5.74) is 3.03. The van der Waals surface area contributed by atoms with Gasteiger partial charge in [-0.25, -0.2) is 9.67 Å². The van der Waals surface area contributed by atoms with Gasteiger partial charge in [-0.05, 0) is 36.8 Å². The molecule has 0 bridgehead atoms. The SMILES string of the molecule is CCNC(=NCc1ccccc1-n1cccn1)Nc1cccc(OCCCOC)c1. The number of nitrogens with one attached hydrogen (secondary N) is 2. The first-order chi connectivity index (χ1) is 14.8. The fourth-order valence-corrected chi connectivity index (χ4v) is 2.94. The molecule has 0 aliphatic heterocycles. The average molecular weight is 408 g/mol. The number of ether oxygens (including phenoxy) is 2. The summed E-state index contributed by atoms with van der Waals surface area (Å²) >= 11 is 0. The van der Waals surface area contributed by atoms with Gasteiger partial charge in [0.05, 0.1) is 18.8 Å². The van der Waals surface area contributed by atoms with Crippen molar-refractivity contribution in [2.24, 2.45) is 4.99 Å². The quantitative estimate of drug-likeness (QED) is 0.303. The Labute approximate surface area is 177 Å². The molecule has 158 valence electrons. The Hall–Kier alpha value is -3.32. The summed E-state index contributed by atoms with van der Waals surface area (Å²) in [6.07, 6.45) is 4.56. The van der Waals surface area contributed by atoms with Gasteiger partial charge < -0.3 is 20.1 Å². The number of guanidine groups is 1. The van der Waals surface area contributed by atoms with Gasteiger partial charge in [-0.15, -0.1) is 0 Å². The van der Waals surface area contributed by atoms with Crippen LogP contribution in [0.2, 0.25) is 0 Å². The Kier molecular flexibility index (Phi) is 8.29. The minimum atomic E-state index is 0.526. The van der Waals surface area contributed by atoms with Crippen molar-refractivity contribution in [3.8, 4) is 11.4 Å². The van der Waals surface area contributed by atoms with Gasteiger partial charge in [-0.1, -0.05) is 24.3 Å². The largest absolute Gasteiger partial charge is 0.493 e. The Morgan fingerprint density at radius 2 is 2.00 bits per heavy atom. The van der Waals surface area contributed by atoms with E-state index in [9.17, 15) is 0 Å². The molecule has 0 radical (unpaired) electrons. The van der Waals surface area contributed by atoms with Crippen molar-refractivity contribution in [1.82, 2.24) is 15.1 Å². The lowest BCUT2D eigenvalue weighted by Gasteiger charge is -2.14. The highest BCUT2D eigenvalue weighted by Gasteiger charge is 2.06. The standard InChI is InChI=1S/C23H29N5O2/c1-3-24-23(27-20-10-6-11-21(17-20)30-16-8-15-29-2)25-18-19-9-4-5-12-22(19)28-14-7-13-26-28/h4-7,9-14,17H,3,8,15-16,18H2,1-2H3,(H2,24,25,27). The average Bonchev–Trinajstić information content (AvgIpc) is 3.31. The third kappa shape index (κ3) is 6.35. The number of hydrogen-bond donors (Lipinski definition) is 2. The van der Waals surface area contributed by atoms with Gasteiger partial charge in [0.1, 0.15) is 5.75 Å². The highest BCUT2D eigenvalue weighted by Crippen LogP contribution is 2.18. The Balaban J connectivity index is 1.69. The first kappa shape index (κ1) is 21.4. The van der Waals surface area contributed by atoms with Crippen molar-refractivity contribution in [3.05, 3.63) is 72.6 Å². The van der Waals surface area contributed by atoms with E-state index in [2.05, 4.69) is 21.8 Å². The van der Waals surface area contributed by atoms with Gasteiger partial charge in [0.25, 0.3) is 0 Å². The summed E-state index contributed by atoms with van der Waals surface area (Å²) < 4.78 is 12.7. The smallest absolute Gasteiger partial charge is 0.196 e. The minimum Gasteiger partial charge on any atom is -0.493 e. The van der Waals surface area contributed by atoms with Gasteiger partial charge in [0, 0.05) is 50.8 Å². The van der Waals surface area contributed by atoms with Gasteiger partial charge in [0.2, 0.25) is 0 Å². The Bertz CT molecular complexity index is 925. The number of para-hydroxylation sites is 1. The fraction of sp³-hybridized carbons (Fsp3) is 0.304. The van der Waals surface area contributed by atoms with Crippen LogP contribution in [-0.4, -0.2) is 42.6 Å². The van der Waals surface area contributed by atoms with Crippen LogP contribution in [0.4, 0.5) is 5.69 Å². The van der Waals surface area contributed by atoms with Crippen LogP contribution in [0.15, 0.2) is 72.0 Å². The zero-order chi connectivity index (χ0) is 21.0. The molecule has 0 unspecified atom stereocenters. The van der Waals surface area contributed by atoms with E-state index in [1.807, 2.05) is 66.3 Å². The van der Waals surface area contributed by atoms with Crippen LogP contribution in [0.25, 0.3) is 5.69 Å². The molecule has 2 N–H and O–H groups in total. The van der Waals surface area contributed by atoms with Crippen molar-refractivity contribution in [2.75, 3.05) is 32.2 Å². The van der Waals surface area contributed by atoms with E-state index in [-0.39, 0.29) is 0 Å². The van der Waals surface area contributed by atoms with Crippen LogP contribution >= 0.6 is 0 Å². The van der Waals surface area contributed by atoms with E-state index in [1.165, 1.54) is 0 Å². The third-order valence-corrected chi connectivity index (χ3v) is 4.35. The first-order valence-electron chi connectivity index (χ1n) is 10.1. The summed E-state index contributed by atoms with van der Waals surface area (Å²) in [4.78, 5) is 4.76. The summed E-state index contributed by atoms with van der Waals surface area (Å²) in [5.74, 6) is 1.53. The number of aliphatic imine (C=N–C) groups is 1. The molecule has 3 rings (SSSR count). The zero-order valence-electron chi connectivity index (χ0n) is 17.5. The monoisotopic (exact) mass is 407 g/mol. The van der Waals surface area contributed by atoms with Gasteiger partial charge in [0.15, 0.2) is 5.96 Å². The second-order valence-corrected chi connectivity index (χ2v) is 6.62. The second-order valence-electron chi connectivity index (χ2n) is 6.62. The number of rotatable bonds is 10. The van der Waals surface area contributed by atoms with Crippen LogP contribution in [0.1, 0.15) is 18.9 Å². The molecule has 0 spiro atoms. The summed E-state index contributed by atoms with van der Waals surface area (Å²) in [6, 6.07) is 17.9. The van der Waals surface area contributed by atoms with E-state index < -0.39 is 0 Å². The van der Waals surface area contributed by atoms with Crippen LogP contribution in [0.5, 0.6) is 5.75 Å². The predicted octanol–water partition coefficient (Wildman–Crippen LogP) is 3.87. The molecule has 0 aliphatic carbocycles. The molecular formula is C23H29N5O2. The highest BCUT2D eigenvalue weighted by atomic mass is 16.5. The molecule has 0 saturated heterocycles. The molecule has 0 saturated carbocycles. The maximum atomic E-state index is 5.79. The molecule has 0 aliphatic rings. The molecule has 0 amide bonds. The Morgan fingerprint density at radius 3 is 2.80 bits per heavy atom. The van der Waals surface area contributed by atoms with Crippen LogP contribution in [0, 0.1) is 0 Å². The van der Waals surface area contributed by atoms with Crippen molar-refractivity contribution in [2.45, 2.75) is 19.9 Å². The normalized spacial score (nSPS) is 11.3. The third-order valence-electron chi connectivity index (χ3n) is 4.35. The highest BCUT2D eigenvalue weighted by molar-refractivity contribution is 5.93. The van der Waals surface area contributed by atoms with E-state index in [0.717, 1.165) is 35.7 Å². The van der Waals surface area contributed by atoms with Gasteiger partial charge >= 0.3 is 0 Å². The van der Waals surface area contributed by atoms with Crippen molar-refractivity contribution < 1.29 is 9.47 Å². The van der Waals surface area contributed by atoms with Gasteiger partial charge in [-0.2, -0.15) is 5.10 Å². The zero-order valence-corrected chi connectivity index (χ0v) is 17.5. The maximum Gasteiger partial charge on any atom is 0.196 e. The summed E-state index contributed by atoms with van der Waals surface area (Å²) in [7, 11) is 1.69. The molecule has 2 aromatic carbocycles. The predicted molar refractivity (Wildman–Crippen MR) is 120 cm³/mol. The van der Waals surface area contributed by atoms with Gasteiger partial charge in [-0.3, -0.25) is 0 Å². The van der Waals surface area contributed by atoms with Crippen molar-refractivity contribution >= 4 is 11.6 Å². The molecule has 0 fully saturated rings. The lowest BCUT2D eigenvalue weighted by Crippen LogP contribution is -2.30. The molecule has 1 heterocycles. The van der Waals surface area contributed by atoms with E-state index in [0.29, 0.717) is 25.7 Å². The molecule has 1 aromatic heterocycles. The minimum absolute atomic E-state index is 0.526. The first-order valence-corrected chi connectivity index (χ1v) is 10.1. The number of benzene rings is 2.